The number of carbonyl (C=O) groups is 1. The van der Waals surface area contributed by atoms with Crippen molar-refractivity contribution in [1.29, 1.82) is 0 Å². The van der Waals surface area contributed by atoms with Crippen molar-refractivity contribution in [2.24, 2.45) is 5.92 Å². The zero-order chi connectivity index (χ0) is 23.8. The Hall–Kier alpha value is -1.44. The largest absolute Gasteiger partial charge is 0.341 e. The highest BCUT2D eigenvalue weighted by Gasteiger charge is 2.36. The number of amides is 1. The molecule has 0 aromatic heterocycles. The third-order valence-corrected chi connectivity index (χ3v) is 9.63. The van der Waals surface area contributed by atoms with Gasteiger partial charge in [0.15, 0.2) is 0 Å². The molecule has 3 rings (SSSR count). The van der Waals surface area contributed by atoms with E-state index in [0.717, 1.165) is 54.9 Å². The molecule has 1 aromatic carbocycles. The smallest absolute Gasteiger partial charge is 0.243 e. The SMILES string of the molecule is Cc1cc(C)c(C)c(S(=O)(=O)N2CCC(C(=O)N3CCCN(C(C)(C)C)CC3)CC2)c1C. The topological polar surface area (TPSA) is 60.9 Å². The number of benzene rings is 1. The van der Waals surface area contributed by atoms with Gasteiger partial charge in [-0.05, 0) is 90.0 Å². The van der Waals surface area contributed by atoms with Crippen molar-refractivity contribution in [1.82, 2.24) is 14.1 Å². The minimum atomic E-state index is -3.57. The molecule has 0 aliphatic carbocycles. The molecular weight excluding hydrogens is 422 g/mol. The maximum absolute atomic E-state index is 13.5. The monoisotopic (exact) mass is 463 g/mol. The number of aryl methyl sites for hydroxylation is 2. The molecule has 2 saturated heterocycles. The van der Waals surface area contributed by atoms with E-state index in [9.17, 15) is 13.2 Å². The van der Waals surface area contributed by atoms with Gasteiger partial charge >= 0.3 is 0 Å². The van der Waals surface area contributed by atoms with Crippen molar-refractivity contribution >= 4 is 15.9 Å². The van der Waals surface area contributed by atoms with Crippen LogP contribution < -0.4 is 0 Å². The fraction of sp³-hybridized carbons (Fsp3) is 0.720. The van der Waals surface area contributed by atoms with Gasteiger partial charge in [0.05, 0.1) is 4.90 Å². The molecule has 1 aromatic rings. The highest BCUT2D eigenvalue weighted by atomic mass is 32.2. The molecule has 0 N–H and O–H groups in total. The first-order valence-electron chi connectivity index (χ1n) is 12.0. The number of sulfonamides is 1. The van der Waals surface area contributed by atoms with Crippen LogP contribution in [0.3, 0.4) is 0 Å². The van der Waals surface area contributed by atoms with E-state index >= 15 is 0 Å². The summed E-state index contributed by atoms with van der Waals surface area (Å²) in [7, 11) is -3.57. The van der Waals surface area contributed by atoms with E-state index in [0.29, 0.717) is 30.8 Å². The van der Waals surface area contributed by atoms with Crippen LogP contribution in [0.5, 0.6) is 0 Å². The van der Waals surface area contributed by atoms with Gasteiger partial charge in [-0.1, -0.05) is 6.07 Å². The number of hydrogen-bond donors (Lipinski definition) is 0. The van der Waals surface area contributed by atoms with Crippen LogP contribution in [0, 0.1) is 33.6 Å². The standard InChI is InChI=1S/C25H41N3O3S/c1-18-17-19(2)21(4)23(20(18)3)32(30,31)28-13-9-22(10-14-28)24(29)26-11-8-12-27(16-15-26)25(5,6)7/h17,22H,8-16H2,1-7H3. The van der Waals surface area contributed by atoms with Gasteiger partial charge in [0.25, 0.3) is 0 Å². The van der Waals surface area contributed by atoms with Crippen LogP contribution in [-0.2, 0) is 14.8 Å². The van der Waals surface area contributed by atoms with Crippen LogP contribution in [0.25, 0.3) is 0 Å². The maximum atomic E-state index is 13.5. The van der Waals surface area contributed by atoms with E-state index in [1.807, 2.05) is 32.6 Å². The van der Waals surface area contributed by atoms with Gasteiger partial charge < -0.3 is 4.90 Å². The molecule has 2 heterocycles. The lowest BCUT2D eigenvalue weighted by Gasteiger charge is -2.35. The Bertz CT molecular complexity index is 931. The van der Waals surface area contributed by atoms with Crippen LogP contribution in [-0.4, -0.2) is 73.2 Å². The summed E-state index contributed by atoms with van der Waals surface area (Å²) in [6.07, 6.45) is 2.18. The third kappa shape index (κ3) is 5.05. The zero-order valence-corrected chi connectivity index (χ0v) is 21.8. The highest BCUT2D eigenvalue weighted by Crippen LogP contribution is 2.31. The van der Waals surface area contributed by atoms with Gasteiger partial charge in [0.2, 0.25) is 15.9 Å². The Morgan fingerprint density at radius 3 is 1.97 bits per heavy atom. The quantitative estimate of drug-likeness (QED) is 0.686. The molecule has 0 unspecified atom stereocenters. The zero-order valence-electron chi connectivity index (χ0n) is 21.0. The van der Waals surface area contributed by atoms with E-state index in [1.165, 1.54) is 0 Å². The Morgan fingerprint density at radius 2 is 1.44 bits per heavy atom. The normalized spacial score (nSPS) is 20.4. The lowest BCUT2D eigenvalue weighted by molar-refractivity contribution is -0.136. The molecule has 6 nitrogen and oxygen atoms in total. The molecule has 0 spiro atoms. The lowest BCUT2D eigenvalue weighted by Crippen LogP contribution is -2.46. The van der Waals surface area contributed by atoms with Crippen LogP contribution in [0.1, 0.15) is 62.3 Å². The summed E-state index contributed by atoms with van der Waals surface area (Å²) in [5.41, 5.74) is 3.78. The molecule has 1 amide bonds. The van der Waals surface area contributed by atoms with Crippen LogP contribution in [0.2, 0.25) is 0 Å². The third-order valence-electron chi connectivity index (χ3n) is 7.45. The minimum absolute atomic E-state index is 0.0796. The summed E-state index contributed by atoms with van der Waals surface area (Å²) in [4.78, 5) is 18.1. The average Bonchev–Trinajstić information content (AvgIpc) is 2.98. The molecule has 2 aliphatic heterocycles. The van der Waals surface area contributed by atoms with Gasteiger partial charge in [-0.15, -0.1) is 0 Å². The number of carbonyl (C=O) groups excluding carboxylic acids is 1. The molecule has 32 heavy (non-hydrogen) atoms. The minimum Gasteiger partial charge on any atom is -0.341 e. The Morgan fingerprint density at radius 1 is 0.875 bits per heavy atom. The predicted octanol–water partition coefficient (Wildman–Crippen LogP) is 3.65. The number of nitrogens with zero attached hydrogens (tertiary/aromatic N) is 3. The molecular formula is C25H41N3O3S. The van der Waals surface area contributed by atoms with E-state index in [-0.39, 0.29) is 17.4 Å². The Kier molecular flexibility index (Phi) is 7.42. The first-order valence-corrected chi connectivity index (χ1v) is 13.4. The molecule has 0 radical (unpaired) electrons. The molecule has 2 fully saturated rings. The highest BCUT2D eigenvalue weighted by molar-refractivity contribution is 7.89. The Labute approximate surface area is 195 Å². The van der Waals surface area contributed by atoms with Crippen molar-refractivity contribution in [2.45, 2.75) is 78.2 Å². The van der Waals surface area contributed by atoms with Gasteiger partial charge in [-0.2, -0.15) is 4.31 Å². The van der Waals surface area contributed by atoms with Crippen molar-refractivity contribution in [3.8, 4) is 0 Å². The first-order chi connectivity index (χ1) is 14.8. The lowest BCUT2D eigenvalue weighted by atomic mass is 9.96. The fourth-order valence-electron chi connectivity index (χ4n) is 5.11. The average molecular weight is 464 g/mol. The second-order valence-electron chi connectivity index (χ2n) is 10.6. The van der Waals surface area contributed by atoms with Crippen LogP contribution in [0.15, 0.2) is 11.0 Å². The van der Waals surface area contributed by atoms with Crippen LogP contribution >= 0.6 is 0 Å². The summed E-state index contributed by atoms with van der Waals surface area (Å²) in [6.45, 7) is 18.7. The van der Waals surface area contributed by atoms with E-state index in [4.69, 9.17) is 0 Å². The summed E-state index contributed by atoms with van der Waals surface area (Å²) >= 11 is 0. The van der Waals surface area contributed by atoms with Crippen LogP contribution in [0.4, 0.5) is 0 Å². The van der Waals surface area contributed by atoms with Crippen molar-refractivity contribution < 1.29 is 13.2 Å². The van der Waals surface area contributed by atoms with E-state index in [1.54, 1.807) is 4.31 Å². The predicted molar refractivity (Wildman–Crippen MR) is 129 cm³/mol. The first kappa shape index (κ1) is 25.2. The summed E-state index contributed by atoms with van der Waals surface area (Å²) < 4.78 is 28.6. The van der Waals surface area contributed by atoms with Crippen molar-refractivity contribution in [2.75, 3.05) is 39.3 Å². The van der Waals surface area contributed by atoms with Gasteiger partial charge in [-0.3, -0.25) is 9.69 Å². The number of piperidine rings is 1. The number of rotatable bonds is 3. The summed E-state index contributed by atoms with van der Waals surface area (Å²) in [5.74, 6) is 0.126. The Balaban J connectivity index is 1.67. The van der Waals surface area contributed by atoms with E-state index in [2.05, 4.69) is 31.7 Å². The van der Waals surface area contributed by atoms with Gasteiger partial charge in [0, 0.05) is 50.7 Å². The van der Waals surface area contributed by atoms with Gasteiger partial charge in [-0.25, -0.2) is 8.42 Å². The molecule has 7 heteroatoms. The second kappa shape index (κ2) is 9.43. The molecule has 0 saturated carbocycles. The summed E-state index contributed by atoms with van der Waals surface area (Å²) in [5, 5.41) is 0. The number of hydrogen-bond acceptors (Lipinski definition) is 4. The van der Waals surface area contributed by atoms with E-state index < -0.39 is 10.0 Å². The van der Waals surface area contributed by atoms with Crippen molar-refractivity contribution in [3.05, 3.63) is 28.3 Å². The molecule has 0 bridgehead atoms. The van der Waals surface area contributed by atoms with Crippen molar-refractivity contribution in [3.63, 3.8) is 0 Å². The summed E-state index contributed by atoms with van der Waals surface area (Å²) in [6, 6.07) is 2.05. The molecule has 0 atom stereocenters. The fourth-order valence-corrected chi connectivity index (χ4v) is 7.15. The van der Waals surface area contributed by atoms with Gasteiger partial charge in [0.1, 0.15) is 0 Å². The molecule has 2 aliphatic rings. The second-order valence-corrected chi connectivity index (χ2v) is 12.5. The molecule has 180 valence electrons. The maximum Gasteiger partial charge on any atom is 0.243 e.